The van der Waals surface area contributed by atoms with Crippen molar-refractivity contribution >= 4 is 17.9 Å². The van der Waals surface area contributed by atoms with Gasteiger partial charge in [-0.3, -0.25) is 14.4 Å². The van der Waals surface area contributed by atoms with Crippen molar-refractivity contribution in [2.45, 2.75) is 284 Å². The third-order valence-corrected chi connectivity index (χ3v) is 11.3. The smallest absolute Gasteiger partial charge is 0.306 e. The van der Waals surface area contributed by atoms with Crippen LogP contribution >= 0.6 is 0 Å². The second kappa shape index (κ2) is 44.5. The van der Waals surface area contributed by atoms with E-state index in [1.165, 1.54) is 173 Å². The zero-order valence-electron chi connectivity index (χ0n) is 38.1. The molecule has 0 heterocycles. The van der Waals surface area contributed by atoms with Crippen LogP contribution in [-0.2, 0) is 28.6 Å². The van der Waals surface area contributed by atoms with E-state index in [-0.39, 0.29) is 31.1 Å². The second-order valence-corrected chi connectivity index (χ2v) is 17.6. The maximum Gasteiger partial charge on any atom is 0.306 e. The molecule has 56 heavy (non-hydrogen) atoms. The molecule has 0 aromatic heterocycles. The zero-order valence-corrected chi connectivity index (χ0v) is 38.1. The molecule has 0 unspecified atom stereocenters. The summed E-state index contributed by atoms with van der Waals surface area (Å²) >= 11 is 0. The SMILES string of the molecule is CCCCCCCCCCCCCCC(=O)O[C@@H](COC(=O)CCCCCCCCCCCC)COC(=O)CCCCCCCCCCCCCCCC(C)C. The van der Waals surface area contributed by atoms with E-state index < -0.39 is 6.10 Å². The minimum atomic E-state index is -0.759. The van der Waals surface area contributed by atoms with E-state index in [1.807, 2.05) is 0 Å². The van der Waals surface area contributed by atoms with Gasteiger partial charge in [0.05, 0.1) is 0 Å². The van der Waals surface area contributed by atoms with E-state index in [9.17, 15) is 14.4 Å². The molecule has 332 valence electrons. The van der Waals surface area contributed by atoms with Crippen molar-refractivity contribution < 1.29 is 28.6 Å². The summed E-state index contributed by atoms with van der Waals surface area (Å²) in [5.41, 5.74) is 0. The lowest BCUT2D eigenvalue weighted by Gasteiger charge is -2.18. The van der Waals surface area contributed by atoms with Gasteiger partial charge in [-0.1, -0.05) is 240 Å². The van der Waals surface area contributed by atoms with Gasteiger partial charge in [-0.25, -0.2) is 0 Å². The molecule has 0 aliphatic heterocycles. The van der Waals surface area contributed by atoms with Gasteiger partial charge in [0.15, 0.2) is 6.10 Å². The fourth-order valence-corrected chi connectivity index (χ4v) is 7.51. The number of carbonyl (C=O) groups is 3. The fraction of sp³-hybridized carbons (Fsp3) is 0.940. The van der Waals surface area contributed by atoms with Crippen molar-refractivity contribution in [3.05, 3.63) is 0 Å². The lowest BCUT2D eigenvalue weighted by atomic mass is 10.0. The van der Waals surface area contributed by atoms with Crippen LogP contribution in [0, 0.1) is 5.92 Å². The highest BCUT2D eigenvalue weighted by Gasteiger charge is 2.19. The summed E-state index contributed by atoms with van der Waals surface area (Å²) < 4.78 is 16.8. The van der Waals surface area contributed by atoms with Gasteiger partial charge in [0.25, 0.3) is 0 Å². The van der Waals surface area contributed by atoms with Gasteiger partial charge in [-0.15, -0.1) is 0 Å². The summed E-state index contributed by atoms with van der Waals surface area (Å²) in [4.78, 5) is 37.8. The summed E-state index contributed by atoms with van der Waals surface area (Å²) in [6, 6.07) is 0. The van der Waals surface area contributed by atoms with Gasteiger partial charge in [-0.05, 0) is 25.2 Å². The molecule has 0 bridgehead atoms. The largest absolute Gasteiger partial charge is 0.462 e. The maximum absolute atomic E-state index is 12.7. The topological polar surface area (TPSA) is 78.9 Å². The van der Waals surface area contributed by atoms with Gasteiger partial charge >= 0.3 is 17.9 Å². The Morgan fingerprint density at radius 2 is 0.589 bits per heavy atom. The third-order valence-electron chi connectivity index (χ3n) is 11.3. The van der Waals surface area contributed by atoms with Crippen LogP contribution in [0.15, 0.2) is 0 Å². The van der Waals surface area contributed by atoms with Gasteiger partial charge < -0.3 is 14.2 Å². The Hall–Kier alpha value is -1.59. The molecule has 0 aromatic rings. The van der Waals surface area contributed by atoms with Crippen LogP contribution in [0.5, 0.6) is 0 Å². The van der Waals surface area contributed by atoms with Gasteiger partial charge in [-0.2, -0.15) is 0 Å². The first kappa shape index (κ1) is 54.4. The Kier molecular flexibility index (Phi) is 43.2. The van der Waals surface area contributed by atoms with Gasteiger partial charge in [0.2, 0.25) is 0 Å². The molecule has 1 atom stereocenters. The number of rotatable bonds is 45. The van der Waals surface area contributed by atoms with Crippen LogP contribution in [0.2, 0.25) is 0 Å². The van der Waals surface area contributed by atoms with Crippen molar-refractivity contribution in [1.82, 2.24) is 0 Å². The fourth-order valence-electron chi connectivity index (χ4n) is 7.51. The van der Waals surface area contributed by atoms with Crippen molar-refractivity contribution in [3.63, 3.8) is 0 Å². The predicted molar refractivity (Wildman–Crippen MR) is 238 cm³/mol. The lowest BCUT2D eigenvalue weighted by molar-refractivity contribution is -0.167. The molecule has 0 rings (SSSR count). The van der Waals surface area contributed by atoms with Crippen LogP contribution < -0.4 is 0 Å². The van der Waals surface area contributed by atoms with Crippen LogP contribution in [0.3, 0.4) is 0 Å². The van der Waals surface area contributed by atoms with E-state index in [1.54, 1.807) is 0 Å². The first-order valence-electron chi connectivity index (χ1n) is 24.9. The summed E-state index contributed by atoms with van der Waals surface area (Å²) in [5.74, 6) is -0.00872. The molecular weight excluding hydrogens is 697 g/mol. The Morgan fingerprint density at radius 3 is 0.875 bits per heavy atom. The molecule has 0 fully saturated rings. The summed E-state index contributed by atoms with van der Waals surface area (Å²) in [6.45, 7) is 9.01. The monoisotopic (exact) mass is 793 g/mol. The number of esters is 3. The molecule has 6 nitrogen and oxygen atoms in total. The molecule has 0 saturated heterocycles. The van der Waals surface area contributed by atoms with Crippen LogP contribution in [0.1, 0.15) is 278 Å². The number of ether oxygens (including phenoxy) is 3. The van der Waals surface area contributed by atoms with E-state index in [0.717, 1.165) is 63.7 Å². The van der Waals surface area contributed by atoms with Crippen molar-refractivity contribution in [2.75, 3.05) is 13.2 Å². The van der Waals surface area contributed by atoms with E-state index in [4.69, 9.17) is 14.2 Å². The number of carbonyl (C=O) groups excluding carboxylic acids is 3. The van der Waals surface area contributed by atoms with E-state index in [2.05, 4.69) is 27.7 Å². The first-order chi connectivity index (χ1) is 27.4. The Morgan fingerprint density at radius 1 is 0.339 bits per heavy atom. The lowest BCUT2D eigenvalue weighted by Crippen LogP contribution is -2.30. The summed E-state index contributed by atoms with van der Waals surface area (Å²) in [7, 11) is 0. The van der Waals surface area contributed by atoms with Gasteiger partial charge in [0.1, 0.15) is 13.2 Å². The molecular formula is C50H96O6. The number of hydrogen-bond acceptors (Lipinski definition) is 6. The molecule has 0 spiro atoms. The molecule has 0 aromatic carbocycles. The standard InChI is InChI=1S/C50H96O6/c1-5-7-9-11-13-15-17-22-27-31-35-39-43-50(53)56-47(44-54-48(51)41-37-33-29-25-16-14-12-10-8-6-2)45-55-49(52)42-38-34-30-26-23-20-18-19-21-24-28-32-36-40-46(3)4/h46-47H,5-45H2,1-4H3/t47-/m0/s1. The Bertz CT molecular complexity index is 841. The normalized spacial score (nSPS) is 11.9. The van der Waals surface area contributed by atoms with E-state index in [0.29, 0.717) is 19.3 Å². The number of hydrogen-bond donors (Lipinski definition) is 0. The Balaban J connectivity index is 4.28. The quantitative estimate of drug-likeness (QED) is 0.0347. The molecule has 0 aliphatic rings. The van der Waals surface area contributed by atoms with Crippen LogP contribution in [0.4, 0.5) is 0 Å². The second-order valence-electron chi connectivity index (χ2n) is 17.6. The van der Waals surface area contributed by atoms with Crippen LogP contribution in [0.25, 0.3) is 0 Å². The summed E-state index contributed by atoms with van der Waals surface area (Å²) in [6.07, 6.45) is 45.1. The highest BCUT2D eigenvalue weighted by molar-refractivity contribution is 5.71. The highest BCUT2D eigenvalue weighted by atomic mass is 16.6. The Labute approximate surface area is 348 Å². The molecule has 0 aliphatic carbocycles. The first-order valence-corrected chi connectivity index (χ1v) is 24.9. The molecule has 0 radical (unpaired) electrons. The average Bonchev–Trinajstić information content (AvgIpc) is 3.18. The molecule has 0 N–H and O–H groups in total. The predicted octanol–water partition coefficient (Wildman–Crippen LogP) is 15.9. The van der Waals surface area contributed by atoms with Crippen molar-refractivity contribution in [1.29, 1.82) is 0 Å². The summed E-state index contributed by atoms with van der Waals surface area (Å²) in [5, 5.41) is 0. The van der Waals surface area contributed by atoms with Crippen LogP contribution in [-0.4, -0.2) is 37.2 Å². The van der Waals surface area contributed by atoms with E-state index >= 15 is 0 Å². The average molecular weight is 793 g/mol. The highest BCUT2D eigenvalue weighted by Crippen LogP contribution is 2.17. The van der Waals surface area contributed by atoms with Crippen molar-refractivity contribution in [2.24, 2.45) is 5.92 Å². The maximum atomic E-state index is 12.7. The third kappa shape index (κ3) is 43.5. The van der Waals surface area contributed by atoms with Gasteiger partial charge in [0, 0.05) is 19.3 Å². The molecule has 0 saturated carbocycles. The van der Waals surface area contributed by atoms with Crippen molar-refractivity contribution in [3.8, 4) is 0 Å². The minimum absolute atomic E-state index is 0.0630. The molecule has 0 amide bonds. The number of unbranched alkanes of at least 4 members (excludes halogenated alkanes) is 32. The zero-order chi connectivity index (χ0) is 41.0. The minimum Gasteiger partial charge on any atom is -0.462 e. The molecule has 6 heteroatoms.